The Balaban J connectivity index is 3.96. The maximum Gasteiger partial charge on any atom is 0.266 e. The van der Waals surface area contributed by atoms with Crippen LogP contribution in [0.2, 0.25) is 0 Å². The van der Waals surface area contributed by atoms with Crippen LogP contribution in [0, 0.1) is 0 Å². The van der Waals surface area contributed by atoms with Gasteiger partial charge >= 0.3 is 0 Å². The molecule has 0 radical (unpaired) electrons. The molecule has 0 aliphatic carbocycles. The molecule has 0 aromatic rings. The van der Waals surface area contributed by atoms with Crippen molar-refractivity contribution in [3.8, 4) is 0 Å². The van der Waals surface area contributed by atoms with E-state index in [9.17, 15) is 28.0 Å². The third-order valence-electron chi connectivity index (χ3n) is 9.67. The lowest BCUT2D eigenvalue weighted by molar-refractivity contribution is -0.131. The summed E-state index contributed by atoms with van der Waals surface area (Å²) < 4.78 is 32.5. The predicted molar refractivity (Wildman–Crippen MR) is 199 cm³/mol. The van der Waals surface area contributed by atoms with Gasteiger partial charge in [0.05, 0.1) is 17.9 Å². The first-order chi connectivity index (χ1) is 22.7. The van der Waals surface area contributed by atoms with Gasteiger partial charge in [0, 0.05) is 0 Å². The van der Waals surface area contributed by atoms with E-state index in [2.05, 4.69) is 19.2 Å². The van der Waals surface area contributed by atoms with Crippen molar-refractivity contribution in [3.63, 3.8) is 0 Å². The Morgan fingerprint density at radius 3 is 1.06 bits per heavy atom. The van der Waals surface area contributed by atoms with Gasteiger partial charge in [-0.05, 0) is 12.8 Å². The average molecular weight is 690 g/mol. The number of hydrogen-bond acceptors (Lipinski definition) is 5. The van der Waals surface area contributed by atoms with E-state index in [1.165, 1.54) is 148 Å². The van der Waals surface area contributed by atoms with Gasteiger partial charge in [0.15, 0.2) is 0 Å². The number of nitrogens with one attached hydrogen (secondary N) is 1. The largest absolute Gasteiger partial charge is 0.391 e. The molecule has 1 amide bonds. The van der Waals surface area contributed by atoms with Crippen LogP contribution in [0.5, 0.6) is 0 Å². The summed E-state index contributed by atoms with van der Waals surface area (Å²) in [5.74, 6) is -1.44. The molecule has 47 heavy (non-hydrogen) atoms. The second kappa shape index (κ2) is 33.8. The second-order valence-electron chi connectivity index (χ2n) is 14.4. The van der Waals surface area contributed by atoms with Crippen molar-refractivity contribution in [2.75, 3.05) is 5.75 Å². The van der Waals surface area contributed by atoms with E-state index in [1.807, 2.05) is 0 Å². The van der Waals surface area contributed by atoms with Crippen LogP contribution in [0.15, 0.2) is 0 Å². The van der Waals surface area contributed by atoms with Gasteiger partial charge in [0.25, 0.3) is 10.1 Å². The SMILES string of the molecule is CCCCCCCCCCCCCCCCCCC(O)C(CS(=O)(=O)O)NC(=O)C(O)CCCCCCCCCCCCCCCC. The van der Waals surface area contributed by atoms with Crippen molar-refractivity contribution in [1.82, 2.24) is 5.32 Å². The number of hydrogen-bond donors (Lipinski definition) is 4. The molecule has 4 N–H and O–H groups in total. The number of rotatable bonds is 37. The zero-order chi connectivity index (χ0) is 34.9. The molecule has 8 heteroatoms. The molecule has 0 bridgehead atoms. The molecule has 282 valence electrons. The zero-order valence-electron chi connectivity index (χ0n) is 31.0. The van der Waals surface area contributed by atoms with Crippen molar-refractivity contribution in [3.05, 3.63) is 0 Å². The Kier molecular flexibility index (Phi) is 33.3. The molecular weight excluding hydrogens is 610 g/mol. The summed E-state index contributed by atoms with van der Waals surface area (Å²) in [6.45, 7) is 4.51. The molecule has 3 atom stereocenters. The molecule has 0 rings (SSSR count). The molecule has 0 saturated carbocycles. The molecule has 0 aromatic carbocycles. The van der Waals surface area contributed by atoms with E-state index in [0.29, 0.717) is 12.8 Å². The Morgan fingerprint density at radius 2 is 0.766 bits per heavy atom. The standard InChI is InChI=1S/C39H79NO6S/c1-3-5-7-9-11-13-15-17-19-20-22-23-25-27-29-31-33-37(41)36(35-47(44,45)46)40-39(43)38(42)34-32-30-28-26-24-21-18-16-14-12-10-8-6-4-2/h36-38,41-42H,3-35H2,1-2H3,(H,40,43)(H,44,45,46). The van der Waals surface area contributed by atoms with E-state index >= 15 is 0 Å². The Hall–Kier alpha value is -0.700. The van der Waals surface area contributed by atoms with Crippen LogP contribution in [0.25, 0.3) is 0 Å². The average Bonchev–Trinajstić information content (AvgIpc) is 3.03. The van der Waals surface area contributed by atoms with Crippen molar-refractivity contribution < 1.29 is 28.0 Å². The summed E-state index contributed by atoms with van der Waals surface area (Å²) in [6, 6.07) is -1.14. The Bertz CT molecular complexity index is 777. The third kappa shape index (κ3) is 33.6. The fourth-order valence-corrected chi connectivity index (χ4v) is 7.28. The van der Waals surface area contributed by atoms with Gasteiger partial charge in [-0.25, -0.2) is 0 Å². The number of unbranched alkanes of at least 4 members (excludes halogenated alkanes) is 28. The minimum Gasteiger partial charge on any atom is -0.391 e. The summed E-state index contributed by atoms with van der Waals surface area (Å²) in [5.41, 5.74) is 0. The molecule has 0 spiro atoms. The van der Waals surface area contributed by atoms with Crippen molar-refractivity contribution >= 4 is 16.0 Å². The van der Waals surface area contributed by atoms with E-state index in [0.717, 1.165) is 44.9 Å². The molecule has 0 aliphatic heterocycles. The van der Waals surface area contributed by atoms with Crippen LogP contribution in [0.3, 0.4) is 0 Å². The van der Waals surface area contributed by atoms with E-state index in [1.54, 1.807) is 0 Å². The lowest BCUT2D eigenvalue weighted by atomic mass is 10.0. The first kappa shape index (κ1) is 46.3. The van der Waals surface area contributed by atoms with Crippen LogP contribution in [-0.2, 0) is 14.9 Å². The summed E-state index contributed by atoms with van der Waals surface area (Å²) in [7, 11) is -4.40. The van der Waals surface area contributed by atoms with E-state index in [4.69, 9.17) is 0 Å². The zero-order valence-corrected chi connectivity index (χ0v) is 31.9. The van der Waals surface area contributed by atoms with Crippen LogP contribution in [-0.4, -0.2) is 53.1 Å². The normalized spacial score (nSPS) is 13.9. The van der Waals surface area contributed by atoms with Crippen LogP contribution < -0.4 is 5.32 Å². The Morgan fingerprint density at radius 1 is 0.489 bits per heavy atom. The van der Waals surface area contributed by atoms with Crippen LogP contribution in [0.4, 0.5) is 0 Å². The summed E-state index contributed by atoms with van der Waals surface area (Å²) in [4.78, 5) is 12.6. The Labute approximate surface area is 292 Å². The fraction of sp³-hybridized carbons (Fsp3) is 0.974. The van der Waals surface area contributed by atoms with Gasteiger partial charge in [-0.2, -0.15) is 8.42 Å². The van der Waals surface area contributed by atoms with E-state index < -0.39 is 40.0 Å². The van der Waals surface area contributed by atoms with Crippen molar-refractivity contribution in [1.29, 1.82) is 0 Å². The highest BCUT2D eigenvalue weighted by Gasteiger charge is 2.28. The van der Waals surface area contributed by atoms with Gasteiger partial charge in [0.1, 0.15) is 6.10 Å². The molecule has 7 nitrogen and oxygen atoms in total. The maximum absolute atomic E-state index is 12.6. The molecule has 0 aromatic heterocycles. The van der Waals surface area contributed by atoms with Crippen molar-refractivity contribution in [2.45, 2.75) is 238 Å². The number of aliphatic hydroxyl groups excluding tert-OH is 2. The number of carbonyl (C=O) groups is 1. The molecule has 0 aliphatic rings. The minimum atomic E-state index is -4.40. The quantitative estimate of drug-likeness (QED) is 0.0380. The molecule has 0 fully saturated rings. The fourth-order valence-electron chi connectivity index (χ4n) is 6.52. The van der Waals surface area contributed by atoms with Gasteiger partial charge in [-0.1, -0.05) is 206 Å². The monoisotopic (exact) mass is 690 g/mol. The van der Waals surface area contributed by atoms with Gasteiger partial charge in [-0.3, -0.25) is 9.35 Å². The van der Waals surface area contributed by atoms with Gasteiger partial charge in [0.2, 0.25) is 5.91 Å². The summed E-state index contributed by atoms with van der Waals surface area (Å²) in [6.07, 6.45) is 35.4. The molecule has 0 heterocycles. The maximum atomic E-state index is 12.6. The number of carbonyl (C=O) groups excluding carboxylic acids is 1. The molecular formula is C39H79NO6S. The highest BCUT2D eigenvalue weighted by molar-refractivity contribution is 7.85. The number of amides is 1. The minimum absolute atomic E-state index is 0.303. The lowest BCUT2D eigenvalue weighted by Gasteiger charge is -2.24. The van der Waals surface area contributed by atoms with Gasteiger partial charge in [-0.15, -0.1) is 0 Å². The summed E-state index contributed by atoms with van der Waals surface area (Å²) in [5, 5.41) is 23.5. The van der Waals surface area contributed by atoms with Crippen LogP contribution in [0.1, 0.15) is 219 Å². The first-order valence-corrected chi connectivity index (χ1v) is 21.9. The number of aliphatic hydroxyl groups is 2. The third-order valence-corrected chi connectivity index (χ3v) is 10.4. The second-order valence-corrected chi connectivity index (χ2v) is 15.9. The van der Waals surface area contributed by atoms with Gasteiger partial charge < -0.3 is 15.5 Å². The van der Waals surface area contributed by atoms with Crippen LogP contribution >= 0.6 is 0 Å². The lowest BCUT2D eigenvalue weighted by Crippen LogP contribution is -2.50. The highest BCUT2D eigenvalue weighted by Crippen LogP contribution is 2.17. The predicted octanol–water partition coefficient (Wildman–Crippen LogP) is 10.6. The first-order valence-electron chi connectivity index (χ1n) is 20.3. The smallest absolute Gasteiger partial charge is 0.266 e. The molecule has 3 unspecified atom stereocenters. The van der Waals surface area contributed by atoms with Crippen molar-refractivity contribution in [2.24, 2.45) is 0 Å². The highest BCUT2D eigenvalue weighted by atomic mass is 32.2. The topological polar surface area (TPSA) is 124 Å². The molecule has 0 saturated heterocycles. The van der Waals surface area contributed by atoms with E-state index in [-0.39, 0.29) is 0 Å². The summed E-state index contributed by atoms with van der Waals surface area (Å²) >= 11 is 0.